The summed E-state index contributed by atoms with van der Waals surface area (Å²) in [6.07, 6.45) is 0. The van der Waals surface area contributed by atoms with E-state index in [0.29, 0.717) is 0 Å². The van der Waals surface area contributed by atoms with Crippen LogP contribution in [0.5, 0.6) is 0 Å². The molecular weight excluding hydrogens is 150 g/mol. The van der Waals surface area contributed by atoms with E-state index in [9.17, 15) is 8.78 Å². The Labute approximate surface area is 63.0 Å². The van der Waals surface area contributed by atoms with Crippen molar-refractivity contribution >= 4 is 0 Å². The lowest BCUT2D eigenvalue weighted by atomic mass is 10.2. The first-order chi connectivity index (χ1) is 5.25. The Kier molecular flexibility index (Phi) is 2.51. The van der Waals surface area contributed by atoms with Gasteiger partial charge in [0.2, 0.25) is 0 Å². The number of benzene rings is 1. The largest absolute Gasteiger partial charge is 0.271 e. The lowest BCUT2D eigenvalue weighted by Gasteiger charge is -2.01. The molecule has 1 aromatic carbocycles. The van der Waals surface area contributed by atoms with Crippen molar-refractivity contribution in [3.05, 3.63) is 35.4 Å². The third-order valence-corrected chi connectivity index (χ3v) is 1.34. The highest BCUT2D eigenvalue weighted by atomic mass is 19.1. The Balaban J connectivity index is 3.00. The summed E-state index contributed by atoms with van der Waals surface area (Å²) in [6.45, 7) is -0.00148. The smallest absolute Gasteiger partial charge is 0.130 e. The monoisotopic (exact) mass is 158 g/mol. The maximum atomic E-state index is 12.7. The molecule has 0 heterocycles. The summed E-state index contributed by atoms with van der Waals surface area (Å²) in [5.41, 5.74) is 2.15. The Morgan fingerprint density at radius 3 is 2.27 bits per heavy atom. The summed E-state index contributed by atoms with van der Waals surface area (Å²) < 4.78 is 25.4. The summed E-state index contributed by atoms with van der Waals surface area (Å²) in [6, 6.07) is 3.69. The van der Waals surface area contributed by atoms with Crippen molar-refractivity contribution < 1.29 is 8.78 Å². The molecule has 0 amide bonds. The fourth-order valence-electron chi connectivity index (χ4n) is 0.803. The van der Waals surface area contributed by atoms with Gasteiger partial charge in [0, 0.05) is 12.1 Å². The van der Waals surface area contributed by atoms with E-state index in [-0.39, 0.29) is 12.1 Å². The summed E-state index contributed by atoms with van der Waals surface area (Å²) >= 11 is 0. The molecule has 0 fully saturated rings. The summed E-state index contributed by atoms with van der Waals surface area (Å²) in [5, 5.41) is 0. The number of hydrazine groups is 1. The lowest BCUT2D eigenvalue weighted by molar-refractivity contribution is 0.540. The topological polar surface area (TPSA) is 38.0 Å². The third-order valence-electron chi connectivity index (χ3n) is 1.34. The Hall–Kier alpha value is -1.00. The van der Waals surface area contributed by atoms with Crippen LogP contribution in [0.2, 0.25) is 0 Å². The van der Waals surface area contributed by atoms with Crippen molar-refractivity contribution in [1.82, 2.24) is 5.43 Å². The van der Waals surface area contributed by atoms with Gasteiger partial charge in [0.25, 0.3) is 0 Å². The first kappa shape index (κ1) is 8.10. The highest BCUT2D eigenvalue weighted by molar-refractivity contribution is 5.19. The highest BCUT2D eigenvalue weighted by Crippen LogP contribution is 2.10. The summed E-state index contributed by atoms with van der Waals surface area (Å²) in [5.74, 6) is 3.75. The highest BCUT2D eigenvalue weighted by Gasteiger charge is 2.05. The van der Waals surface area contributed by atoms with Crippen molar-refractivity contribution in [2.45, 2.75) is 6.54 Å². The van der Waals surface area contributed by atoms with Crippen LogP contribution in [0.1, 0.15) is 5.56 Å². The van der Waals surface area contributed by atoms with Gasteiger partial charge in [-0.25, -0.2) is 8.78 Å². The van der Waals surface area contributed by atoms with Gasteiger partial charge in [0.05, 0.1) is 0 Å². The summed E-state index contributed by atoms with van der Waals surface area (Å²) in [7, 11) is 0. The van der Waals surface area contributed by atoms with E-state index in [2.05, 4.69) is 5.43 Å². The molecule has 0 unspecified atom stereocenters. The van der Waals surface area contributed by atoms with Gasteiger partial charge in [0.15, 0.2) is 0 Å². The van der Waals surface area contributed by atoms with Gasteiger partial charge in [-0.1, -0.05) is 6.07 Å². The molecule has 0 saturated carbocycles. The van der Waals surface area contributed by atoms with E-state index in [0.717, 1.165) is 0 Å². The van der Waals surface area contributed by atoms with E-state index in [1.54, 1.807) is 0 Å². The molecule has 2 nitrogen and oxygen atoms in total. The van der Waals surface area contributed by atoms with Gasteiger partial charge >= 0.3 is 0 Å². The number of hydrogen-bond donors (Lipinski definition) is 2. The van der Waals surface area contributed by atoms with Gasteiger partial charge in [0.1, 0.15) is 11.6 Å². The number of halogens is 2. The average Bonchev–Trinajstić information content (AvgIpc) is 1.97. The van der Waals surface area contributed by atoms with Crippen LogP contribution in [0, 0.1) is 11.6 Å². The van der Waals surface area contributed by atoms with E-state index in [4.69, 9.17) is 5.84 Å². The predicted octanol–water partition coefficient (Wildman–Crippen LogP) is 0.928. The second-order valence-electron chi connectivity index (χ2n) is 2.08. The quantitative estimate of drug-likeness (QED) is 0.496. The van der Waals surface area contributed by atoms with E-state index >= 15 is 0 Å². The molecular formula is C7H8F2N2. The summed E-state index contributed by atoms with van der Waals surface area (Å²) in [4.78, 5) is 0. The van der Waals surface area contributed by atoms with Crippen LogP contribution in [0.25, 0.3) is 0 Å². The standard InChI is InChI=1S/C7H8F2N2/c8-6-2-1-3-7(9)5(6)4-11-10/h1-3,11H,4,10H2. The second kappa shape index (κ2) is 3.41. The first-order valence-electron chi connectivity index (χ1n) is 3.12. The maximum absolute atomic E-state index is 12.7. The van der Waals surface area contributed by atoms with Crippen LogP contribution < -0.4 is 11.3 Å². The molecule has 11 heavy (non-hydrogen) atoms. The van der Waals surface area contributed by atoms with Gasteiger partial charge in [-0.15, -0.1) is 0 Å². The van der Waals surface area contributed by atoms with Gasteiger partial charge in [-0.3, -0.25) is 11.3 Å². The molecule has 0 aliphatic heterocycles. The van der Waals surface area contributed by atoms with Gasteiger partial charge in [-0.2, -0.15) is 0 Å². The van der Waals surface area contributed by atoms with Crippen LogP contribution in [0.15, 0.2) is 18.2 Å². The fraction of sp³-hybridized carbons (Fsp3) is 0.143. The molecule has 3 N–H and O–H groups in total. The Bertz CT molecular complexity index is 230. The third kappa shape index (κ3) is 1.72. The zero-order valence-corrected chi connectivity index (χ0v) is 5.77. The van der Waals surface area contributed by atoms with Crippen LogP contribution in [0.3, 0.4) is 0 Å². The lowest BCUT2D eigenvalue weighted by Crippen LogP contribution is -2.22. The van der Waals surface area contributed by atoms with Crippen molar-refractivity contribution in [3.63, 3.8) is 0 Å². The molecule has 0 aliphatic carbocycles. The zero-order valence-electron chi connectivity index (χ0n) is 5.77. The van der Waals surface area contributed by atoms with Crippen molar-refractivity contribution in [2.24, 2.45) is 5.84 Å². The fourth-order valence-corrected chi connectivity index (χ4v) is 0.803. The number of hydrogen-bond acceptors (Lipinski definition) is 2. The Morgan fingerprint density at radius 2 is 1.82 bits per heavy atom. The van der Waals surface area contributed by atoms with Gasteiger partial charge in [-0.05, 0) is 12.1 Å². The molecule has 4 heteroatoms. The first-order valence-corrected chi connectivity index (χ1v) is 3.12. The van der Waals surface area contributed by atoms with Crippen LogP contribution >= 0.6 is 0 Å². The average molecular weight is 158 g/mol. The molecule has 1 rings (SSSR count). The molecule has 60 valence electrons. The number of rotatable bonds is 2. The molecule has 1 aromatic rings. The molecule has 0 bridgehead atoms. The Morgan fingerprint density at radius 1 is 1.27 bits per heavy atom. The molecule has 0 aromatic heterocycles. The van der Waals surface area contributed by atoms with Crippen molar-refractivity contribution in [3.8, 4) is 0 Å². The molecule has 0 saturated heterocycles. The molecule has 0 radical (unpaired) electrons. The minimum absolute atomic E-state index is 0.00148. The van der Waals surface area contributed by atoms with E-state index in [1.165, 1.54) is 18.2 Å². The normalized spacial score (nSPS) is 10.1. The minimum Gasteiger partial charge on any atom is -0.271 e. The van der Waals surface area contributed by atoms with Crippen LogP contribution in [-0.4, -0.2) is 0 Å². The van der Waals surface area contributed by atoms with Crippen molar-refractivity contribution in [1.29, 1.82) is 0 Å². The van der Waals surface area contributed by atoms with Crippen LogP contribution in [0.4, 0.5) is 8.78 Å². The zero-order chi connectivity index (χ0) is 8.27. The second-order valence-corrected chi connectivity index (χ2v) is 2.08. The SMILES string of the molecule is NNCc1c(F)cccc1F. The maximum Gasteiger partial charge on any atom is 0.130 e. The molecule has 0 aliphatic rings. The molecule has 0 atom stereocenters. The van der Waals surface area contributed by atoms with Crippen molar-refractivity contribution in [2.75, 3.05) is 0 Å². The number of nitrogens with one attached hydrogen (secondary N) is 1. The number of nitrogens with two attached hydrogens (primary N) is 1. The van der Waals surface area contributed by atoms with Crippen LogP contribution in [-0.2, 0) is 6.54 Å². The predicted molar refractivity (Wildman–Crippen MR) is 37.4 cm³/mol. The van der Waals surface area contributed by atoms with E-state index in [1.807, 2.05) is 0 Å². The molecule has 0 spiro atoms. The van der Waals surface area contributed by atoms with E-state index < -0.39 is 11.6 Å². The minimum atomic E-state index is -0.581. The van der Waals surface area contributed by atoms with Gasteiger partial charge < -0.3 is 0 Å².